The van der Waals surface area contributed by atoms with Crippen molar-refractivity contribution in [1.29, 1.82) is 0 Å². The maximum Gasteiger partial charge on any atom is 0.275 e. The van der Waals surface area contributed by atoms with Crippen LogP contribution in [0.3, 0.4) is 0 Å². The molecule has 3 atom stereocenters. The van der Waals surface area contributed by atoms with E-state index in [4.69, 9.17) is 0 Å². The Bertz CT molecular complexity index is 804. The topological polar surface area (TPSA) is 67.7 Å². The highest BCUT2D eigenvalue weighted by molar-refractivity contribution is 7.91. The van der Waals surface area contributed by atoms with Gasteiger partial charge in [0, 0.05) is 11.3 Å². The Morgan fingerprint density at radius 2 is 2.04 bits per heavy atom. The predicted molar refractivity (Wildman–Crippen MR) is 99.6 cm³/mol. The fourth-order valence-corrected chi connectivity index (χ4v) is 5.89. The Balaban J connectivity index is 1.67. The van der Waals surface area contributed by atoms with Crippen LogP contribution in [0.25, 0.3) is 0 Å². The lowest BCUT2D eigenvalue weighted by atomic mass is 10.1. The summed E-state index contributed by atoms with van der Waals surface area (Å²) in [5.74, 6) is 0.349. The first kappa shape index (κ1) is 18.1. The molecule has 1 aliphatic rings. The van der Waals surface area contributed by atoms with Crippen molar-refractivity contribution in [3.63, 3.8) is 0 Å². The summed E-state index contributed by atoms with van der Waals surface area (Å²) < 4.78 is 23.3. The van der Waals surface area contributed by atoms with E-state index in [1.165, 1.54) is 0 Å². The minimum absolute atomic E-state index is 0.00710. The molecule has 0 spiro atoms. The van der Waals surface area contributed by atoms with E-state index in [-0.39, 0.29) is 36.0 Å². The van der Waals surface area contributed by atoms with Crippen LogP contribution in [-0.2, 0) is 14.6 Å². The number of amides is 1. The van der Waals surface area contributed by atoms with Gasteiger partial charge in [-0.05, 0) is 17.0 Å². The predicted octanol–water partition coefficient (Wildman–Crippen LogP) is 0.656. The average Bonchev–Trinajstić information content (AvgIpc) is 3.23. The van der Waals surface area contributed by atoms with Gasteiger partial charge in [0.15, 0.2) is 16.4 Å². The van der Waals surface area contributed by atoms with Gasteiger partial charge in [0.05, 0.1) is 18.8 Å². The summed E-state index contributed by atoms with van der Waals surface area (Å²) in [7, 11) is -1.03. The zero-order chi connectivity index (χ0) is 17.9. The monoisotopic (exact) mass is 379 g/mol. The fraction of sp³-hybridized carbons (Fsp3) is 0.389. The second-order valence-electron chi connectivity index (χ2n) is 6.55. The van der Waals surface area contributed by atoms with Crippen molar-refractivity contribution in [2.45, 2.75) is 18.5 Å². The van der Waals surface area contributed by atoms with E-state index in [2.05, 4.69) is 5.32 Å². The summed E-state index contributed by atoms with van der Waals surface area (Å²) in [4.78, 5) is 14.6. The van der Waals surface area contributed by atoms with Crippen molar-refractivity contribution < 1.29 is 18.1 Å². The SMILES string of the molecule is C[NH+](CC(=O)N[C@@H](c1ccccc1)c1cccs1)[C@@H]1CCS(=O)(=O)C1. The first-order valence-corrected chi connectivity index (χ1v) is 11.0. The Labute approximate surface area is 152 Å². The quantitative estimate of drug-likeness (QED) is 0.775. The van der Waals surface area contributed by atoms with Crippen LogP contribution in [-0.4, -0.2) is 45.5 Å². The molecule has 1 fully saturated rings. The van der Waals surface area contributed by atoms with E-state index in [9.17, 15) is 13.2 Å². The van der Waals surface area contributed by atoms with Gasteiger partial charge >= 0.3 is 0 Å². The lowest BCUT2D eigenvalue weighted by Crippen LogP contribution is -3.14. The molecule has 0 saturated carbocycles. The molecule has 134 valence electrons. The van der Waals surface area contributed by atoms with Crippen LogP contribution < -0.4 is 10.2 Å². The van der Waals surface area contributed by atoms with Crippen LogP contribution in [0.1, 0.15) is 22.9 Å². The second kappa shape index (κ2) is 7.68. The Morgan fingerprint density at radius 1 is 1.28 bits per heavy atom. The van der Waals surface area contributed by atoms with Crippen LogP contribution in [0.15, 0.2) is 47.8 Å². The van der Waals surface area contributed by atoms with Gasteiger partial charge in [0.2, 0.25) is 0 Å². The van der Waals surface area contributed by atoms with Crippen molar-refractivity contribution in [2.24, 2.45) is 0 Å². The van der Waals surface area contributed by atoms with E-state index in [0.29, 0.717) is 6.42 Å². The van der Waals surface area contributed by atoms with Crippen LogP contribution in [0.2, 0.25) is 0 Å². The third kappa shape index (κ3) is 4.68. The third-order valence-electron chi connectivity index (χ3n) is 4.63. The molecular formula is C18H23N2O3S2+. The maximum absolute atomic E-state index is 12.6. The van der Waals surface area contributed by atoms with Gasteiger partial charge in [-0.1, -0.05) is 36.4 Å². The number of likely N-dealkylation sites (N-methyl/N-ethyl adjacent to an activating group) is 1. The van der Waals surface area contributed by atoms with Gasteiger partial charge in [-0.25, -0.2) is 8.42 Å². The number of quaternary nitrogens is 1. The molecular weight excluding hydrogens is 356 g/mol. The third-order valence-corrected chi connectivity index (χ3v) is 7.34. The number of rotatable bonds is 6. The molecule has 25 heavy (non-hydrogen) atoms. The minimum atomic E-state index is -2.93. The van der Waals surface area contributed by atoms with E-state index < -0.39 is 9.84 Å². The Kier molecular flexibility index (Phi) is 5.56. The molecule has 1 unspecified atom stereocenters. The molecule has 1 aliphatic heterocycles. The number of carbonyl (C=O) groups excluding carboxylic acids is 1. The molecule has 1 aromatic heterocycles. The number of nitrogens with one attached hydrogen (secondary N) is 2. The Hall–Kier alpha value is -1.70. The molecule has 3 rings (SSSR count). The van der Waals surface area contributed by atoms with Crippen LogP contribution in [0.5, 0.6) is 0 Å². The summed E-state index contributed by atoms with van der Waals surface area (Å²) in [6, 6.07) is 13.7. The average molecular weight is 380 g/mol. The summed E-state index contributed by atoms with van der Waals surface area (Å²) in [6.07, 6.45) is 0.633. The van der Waals surface area contributed by atoms with Crippen molar-refractivity contribution >= 4 is 27.1 Å². The van der Waals surface area contributed by atoms with Crippen molar-refractivity contribution in [3.05, 3.63) is 58.3 Å². The highest BCUT2D eigenvalue weighted by Crippen LogP contribution is 2.25. The number of hydrogen-bond donors (Lipinski definition) is 2. The maximum atomic E-state index is 12.6. The number of sulfone groups is 1. The second-order valence-corrected chi connectivity index (χ2v) is 9.76. The molecule has 1 aromatic carbocycles. The van der Waals surface area contributed by atoms with Gasteiger partial charge < -0.3 is 10.2 Å². The van der Waals surface area contributed by atoms with Crippen LogP contribution in [0.4, 0.5) is 0 Å². The normalized spacial score (nSPS) is 21.6. The zero-order valence-electron chi connectivity index (χ0n) is 14.1. The number of thiophene rings is 1. The molecule has 2 heterocycles. The molecule has 2 aromatic rings. The number of benzene rings is 1. The van der Waals surface area contributed by atoms with E-state index in [1.54, 1.807) is 11.3 Å². The van der Waals surface area contributed by atoms with Gasteiger partial charge in [-0.2, -0.15) is 0 Å². The molecule has 2 N–H and O–H groups in total. The standard InChI is InChI=1S/C18H22N2O3S2/c1-20(15-9-11-25(22,23)13-15)12-17(21)19-18(16-8-5-10-24-16)14-6-3-2-4-7-14/h2-8,10,15,18H,9,11-13H2,1H3,(H,19,21)/p+1/t15-,18+/m1/s1. The summed E-state index contributed by atoms with van der Waals surface area (Å²) in [5.41, 5.74) is 1.04. The van der Waals surface area contributed by atoms with Crippen LogP contribution in [0, 0.1) is 0 Å². The van der Waals surface area contributed by atoms with E-state index >= 15 is 0 Å². The smallest absolute Gasteiger partial charge is 0.275 e. The lowest BCUT2D eigenvalue weighted by Gasteiger charge is -2.22. The van der Waals surface area contributed by atoms with Gasteiger partial charge in [0.1, 0.15) is 11.8 Å². The van der Waals surface area contributed by atoms with Gasteiger partial charge in [-0.3, -0.25) is 4.79 Å². The molecule has 7 heteroatoms. The summed E-state index contributed by atoms with van der Waals surface area (Å²) >= 11 is 1.61. The molecule has 5 nitrogen and oxygen atoms in total. The van der Waals surface area contributed by atoms with Crippen molar-refractivity contribution in [3.8, 4) is 0 Å². The largest absolute Gasteiger partial charge is 0.339 e. The highest BCUT2D eigenvalue weighted by atomic mass is 32.2. The number of carbonyl (C=O) groups is 1. The molecule has 0 bridgehead atoms. The number of hydrogen-bond acceptors (Lipinski definition) is 4. The molecule has 0 aliphatic carbocycles. The summed E-state index contributed by atoms with van der Waals surface area (Å²) in [5, 5.41) is 5.11. The first-order chi connectivity index (χ1) is 11.9. The minimum Gasteiger partial charge on any atom is -0.339 e. The summed E-state index contributed by atoms with van der Waals surface area (Å²) in [6.45, 7) is 0.273. The van der Waals surface area contributed by atoms with Gasteiger partial charge in [0.25, 0.3) is 5.91 Å². The van der Waals surface area contributed by atoms with E-state index in [1.807, 2.05) is 54.9 Å². The lowest BCUT2D eigenvalue weighted by molar-refractivity contribution is -0.894. The van der Waals surface area contributed by atoms with Crippen molar-refractivity contribution in [2.75, 3.05) is 25.1 Å². The fourth-order valence-electron chi connectivity index (χ4n) is 3.21. The van der Waals surface area contributed by atoms with E-state index in [0.717, 1.165) is 15.3 Å². The highest BCUT2D eigenvalue weighted by Gasteiger charge is 2.34. The van der Waals surface area contributed by atoms with Gasteiger partial charge in [-0.15, -0.1) is 11.3 Å². The molecule has 1 amide bonds. The van der Waals surface area contributed by atoms with Crippen LogP contribution >= 0.6 is 11.3 Å². The zero-order valence-corrected chi connectivity index (χ0v) is 15.8. The molecule has 1 saturated heterocycles. The Morgan fingerprint density at radius 3 is 2.64 bits per heavy atom. The first-order valence-electron chi connectivity index (χ1n) is 8.35. The molecule has 0 radical (unpaired) electrons. The van der Waals surface area contributed by atoms with Crippen molar-refractivity contribution in [1.82, 2.24) is 5.32 Å².